The van der Waals surface area contributed by atoms with E-state index < -0.39 is 0 Å². The zero-order chi connectivity index (χ0) is 13.6. The fourth-order valence-electron chi connectivity index (χ4n) is 2.47. The normalized spacial score (nSPS) is 22.9. The molecule has 2 heterocycles. The minimum Gasteiger partial charge on any atom is -0.339 e. The predicted octanol–water partition coefficient (Wildman–Crippen LogP) is 0.976. The second-order valence-corrected chi connectivity index (χ2v) is 5.49. The van der Waals surface area contributed by atoms with E-state index >= 15 is 0 Å². The molecule has 1 aliphatic carbocycles. The molecular weight excluding hydrogens is 244 g/mol. The summed E-state index contributed by atoms with van der Waals surface area (Å²) in [7, 11) is 0. The molecule has 19 heavy (non-hydrogen) atoms. The number of amides is 2. The molecule has 3 rings (SSSR count). The fourth-order valence-corrected chi connectivity index (χ4v) is 2.47. The van der Waals surface area contributed by atoms with Crippen molar-refractivity contribution < 1.29 is 9.59 Å². The number of anilines is 1. The number of H-pyrrole nitrogens is 1. The lowest BCUT2D eigenvalue weighted by molar-refractivity contribution is -0.128. The van der Waals surface area contributed by atoms with Gasteiger partial charge in [-0.3, -0.25) is 14.7 Å². The standard InChI is InChI=1S/C13H18N4O2/c1-7-8(2)15-16-12(7)14-13(19)9-5-11(18)17(6-9)10-3-4-10/h9-10H,3-6H2,1-2H3,(H2,14,15,16,19). The zero-order valence-corrected chi connectivity index (χ0v) is 11.2. The lowest BCUT2D eigenvalue weighted by Crippen LogP contribution is -2.30. The van der Waals surface area contributed by atoms with Gasteiger partial charge in [-0.05, 0) is 26.7 Å². The van der Waals surface area contributed by atoms with E-state index in [0.29, 0.717) is 24.8 Å². The number of hydrogen-bond acceptors (Lipinski definition) is 3. The highest BCUT2D eigenvalue weighted by molar-refractivity contribution is 5.97. The first-order valence-electron chi connectivity index (χ1n) is 6.68. The van der Waals surface area contributed by atoms with Crippen LogP contribution in [-0.2, 0) is 9.59 Å². The Labute approximate surface area is 111 Å². The number of nitrogens with one attached hydrogen (secondary N) is 2. The Kier molecular flexibility index (Phi) is 2.80. The molecule has 6 heteroatoms. The van der Waals surface area contributed by atoms with Gasteiger partial charge in [-0.25, -0.2) is 0 Å². The van der Waals surface area contributed by atoms with Crippen molar-refractivity contribution in [1.82, 2.24) is 15.1 Å². The molecule has 2 amide bonds. The average Bonchev–Trinajstić information content (AvgIpc) is 3.09. The molecule has 102 valence electrons. The molecule has 1 saturated carbocycles. The molecule has 1 aromatic rings. The summed E-state index contributed by atoms with van der Waals surface area (Å²) < 4.78 is 0. The van der Waals surface area contributed by atoms with E-state index in [9.17, 15) is 9.59 Å². The van der Waals surface area contributed by atoms with Gasteiger partial charge in [0.15, 0.2) is 5.82 Å². The predicted molar refractivity (Wildman–Crippen MR) is 69.5 cm³/mol. The van der Waals surface area contributed by atoms with Crippen LogP contribution in [0.3, 0.4) is 0 Å². The Morgan fingerprint density at radius 1 is 1.42 bits per heavy atom. The topological polar surface area (TPSA) is 78.1 Å². The van der Waals surface area contributed by atoms with Gasteiger partial charge in [0.25, 0.3) is 0 Å². The van der Waals surface area contributed by atoms with Crippen LogP contribution in [0.1, 0.15) is 30.5 Å². The number of nitrogens with zero attached hydrogens (tertiary/aromatic N) is 2. The Morgan fingerprint density at radius 2 is 2.16 bits per heavy atom. The maximum atomic E-state index is 12.2. The van der Waals surface area contributed by atoms with Gasteiger partial charge in [0.05, 0.1) is 5.92 Å². The van der Waals surface area contributed by atoms with Gasteiger partial charge in [0.1, 0.15) is 0 Å². The summed E-state index contributed by atoms with van der Waals surface area (Å²) in [6, 6.07) is 0.389. The molecule has 2 fully saturated rings. The Morgan fingerprint density at radius 3 is 2.74 bits per heavy atom. The lowest BCUT2D eigenvalue weighted by atomic mass is 10.1. The monoisotopic (exact) mass is 262 g/mol. The molecule has 2 N–H and O–H groups in total. The molecule has 0 spiro atoms. The Balaban J connectivity index is 1.65. The van der Waals surface area contributed by atoms with Crippen LogP contribution in [0, 0.1) is 19.8 Å². The summed E-state index contributed by atoms with van der Waals surface area (Å²) in [6.45, 7) is 4.37. The molecule has 1 unspecified atom stereocenters. The lowest BCUT2D eigenvalue weighted by Gasteiger charge is -2.15. The zero-order valence-electron chi connectivity index (χ0n) is 11.2. The number of likely N-dealkylation sites (tertiary alicyclic amines) is 1. The number of aromatic amines is 1. The van der Waals surface area contributed by atoms with Gasteiger partial charge in [0.2, 0.25) is 11.8 Å². The van der Waals surface area contributed by atoms with Crippen molar-refractivity contribution in [2.75, 3.05) is 11.9 Å². The minimum absolute atomic E-state index is 0.105. The van der Waals surface area contributed by atoms with Crippen LogP contribution in [0.4, 0.5) is 5.82 Å². The molecule has 0 radical (unpaired) electrons. The SMILES string of the molecule is Cc1[nH]nc(NC(=O)C2CC(=O)N(C3CC3)C2)c1C. The molecular formula is C13H18N4O2. The second-order valence-electron chi connectivity index (χ2n) is 5.49. The van der Waals surface area contributed by atoms with E-state index in [-0.39, 0.29) is 17.7 Å². The highest BCUT2D eigenvalue weighted by Gasteiger charge is 2.41. The number of aryl methyl sites for hydroxylation is 1. The van der Waals surface area contributed by atoms with E-state index in [4.69, 9.17) is 0 Å². The number of carbonyl (C=O) groups is 2. The van der Waals surface area contributed by atoms with Crippen molar-refractivity contribution in [3.63, 3.8) is 0 Å². The van der Waals surface area contributed by atoms with Gasteiger partial charge < -0.3 is 10.2 Å². The molecule has 2 aliphatic rings. The first-order valence-corrected chi connectivity index (χ1v) is 6.68. The van der Waals surface area contributed by atoms with Gasteiger partial charge in [-0.2, -0.15) is 5.10 Å². The van der Waals surface area contributed by atoms with Crippen molar-refractivity contribution in [3.05, 3.63) is 11.3 Å². The highest BCUT2D eigenvalue weighted by Crippen LogP contribution is 2.33. The summed E-state index contributed by atoms with van der Waals surface area (Å²) in [5, 5.41) is 9.71. The summed E-state index contributed by atoms with van der Waals surface area (Å²) in [5.41, 5.74) is 1.88. The van der Waals surface area contributed by atoms with Crippen molar-refractivity contribution in [2.24, 2.45) is 5.92 Å². The summed E-state index contributed by atoms with van der Waals surface area (Å²) in [5.74, 6) is 0.327. The van der Waals surface area contributed by atoms with E-state index in [1.54, 1.807) is 0 Å². The van der Waals surface area contributed by atoms with Gasteiger partial charge in [0, 0.05) is 30.3 Å². The van der Waals surface area contributed by atoms with Crippen LogP contribution in [-0.4, -0.2) is 39.5 Å². The maximum absolute atomic E-state index is 12.2. The summed E-state index contributed by atoms with van der Waals surface area (Å²) in [6.07, 6.45) is 2.49. The maximum Gasteiger partial charge on any atom is 0.231 e. The van der Waals surface area contributed by atoms with E-state index in [1.807, 2.05) is 18.7 Å². The summed E-state index contributed by atoms with van der Waals surface area (Å²) >= 11 is 0. The molecule has 6 nitrogen and oxygen atoms in total. The third-order valence-corrected chi connectivity index (χ3v) is 4.01. The van der Waals surface area contributed by atoms with Crippen LogP contribution < -0.4 is 5.32 Å². The number of hydrogen-bond donors (Lipinski definition) is 2. The average molecular weight is 262 g/mol. The van der Waals surface area contributed by atoms with Crippen LogP contribution in [0.15, 0.2) is 0 Å². The highest BCUT2D eigenvalue weighted by atomic mass is 16.2. The Hall–Kier alpha value is -1.85. The van der Waals surface area contributed by atoms with Crippen molar-refractivity contribution in [1.29, 1.82) is 0 Å². The third kappa shape index (κ3) is 2.22. The molecule has 0 bridgehead atoms. The summed E-state index contributed by atoms with van der Waals surface area (Å²) in [4.78, 5) is 25.8. The minimum atomic E-state index is -0.246. The van der Waals surface area contributed by atoms with E-state index in [2.05, 4.69) is 15.5 Å². The smallest absolute Gasteiger partial charge is 0.231 e. The van der Waals surface area contributed by atoms with Crippen LogP contribution in [0.25, 0.3) is 0 Å². The number of carbonyl (C=O) groups excluding carboxylic acids is 2. The van der Waals surface area contributed by atoms with Crippen LogP contribution in [0.2, 0.25) is 0 Å². The van der Waals surface area contributed by atoms with E-state index in [0.717, 1.165) is 24.1 Å². The Bertz CT molecular complexity index is 533. The van der Waals surface area contributed by atoms with Crippen molar-refractivity contribution in [2.45, 2.75) is 39.2 Å². The quantitative estimate of drug-likeness (QED) is 0.852. The van der Waals surface area contributed by atoms with Gasteiger partial charge in [-0.1, -0.05) is 0 Å². The van der Waals surface area contributed by atoms with Crippen LogP contribution in [0.5, 0.6) is 0 Å². The van der Waals surface area contributed by atoms with Crippen molar-refractivity contribution in [3.8, 4) is 0 Å². The van der Waals surface area contributed by atoms with Crippen molar-refractivity contribution >= 4 is 17.6 Å². The largest absolute Gasteiger partial charge is 0.339 e. The molecule has 1 aromatic heterocycles. The third-order valence-electron chi connectivity index (χ3n) is 4.01. The molecule has 1 aliphatic heterocycles. The molecule has 1 saturated heterocycles. The second kappa shape index (κ2) is 4.36. The first-order chi connectivity index (χ1) is 9.06. The number of rotatable bonds is 3. The molecule has 1 atom stereocenters. The number of aromatic nitrogens is 2. The van der Waals surface area contributed by atoms with E-state index in [1.165, 1.54) is 0 Å². The first kappa shape index (κ1) is 12.2. The fraction of sp³-hybridized carbons (Fsp3) is 0.615. The van der Waals surface area contributed by atoms with Gasteiger partial charge >= 0.3 is 0 Å². The molecule has 0 aromatic carbocycles. The van der Waals surface area contributed by atoms with Gasteiger partial charge in [-0.15, -0.1) is 0 Å². The van der Waals surface area contributed by atoms with Crippen LogP contribution >= 0.6 is 0 Å².